The quantitative estimate of drug-likeness (QED) is 0.671. The van der Waals surface area contributed by atoms with Crippen molar-refractivity contribution in [2.24, 2.45) is 5.41 Å². The number of anilines is 1. The monoisotopic (exact) mass is 339 g/mol. The summed E-state index contributed by atoms with van der Waals surface area (Å²) in [6, 6.07) is 3.32. The van der Waals surface area contributed by atoms with E-state index < -0.39 is 11.7 Å². The molecular weight excluding hydrogens is 318 g/mol. The van der Waals surface area contributed by atoms with Crippen molar-refractivity contribution in [3.8, 4) is 6.07 Å². The zero-order chi connectivity index (χ0) is 17.8. The van der Waals surface area contributed by atoms with Crippen LogP contribution in [0.1, 0.15) is 47.4 Å². The molecule has 0 saturated heterocycles. The number of rotatable bonds is 3. The minimum absolute atomic E-state index is 0.0719. The van der Waals surface area contributed by atoms with E-state index in [4.69, 9.17) is 21.6 Å². The number of hydrazine groups is 1. The molecule has 0 aliphatic carbocycles. The van der Waals surface area contributed by atoms with Gasteiger partial charge in [-0.2, -0.15) is 10.2 Å². The maximum atomic E-state index is 12.1. The Morgan fingerprint density at radius 3 is 2.43 bits per heavy atom. The molecule has 0 aliphatic rings. The summed E-state index contributed by atoms with van der Waals surface area (Å²) < 4.78 is 5.26. The number of nitrogens with one attached hydrogen (secondary N) is 1. The maximum absolute atomic E-state index is 12.1. The van der Waals surface area contributed by atoms with Crippen LogP contribution in [0, 0.1) is 16.7 Å². The second kappa shape index (κ2) is 7.01. The van der Waals surface area contributed by atoms with Gasteiger partial charge in [0.2, 0.25) is 5.82 Å². The van der Waals surface area contributed by atoms with Crippen molar-refractivity contribution >= 4 is 23.5 Å². The summed E-state index contributed by atoms with van der Waals surface area (Å²) in [5.74, 6) is 0.250. The van der Waals surface area contributed by atoms with Gasteiger partial charge in [0.05, 0.1) is 0 Å². The van der Waals surface area contributed by atoms with Crippen molar-refractivity contribution in [3.05, 3.63) is 17.0 Å². The fourth-order valence-corrected chi connectivity index (χ4v) is 1.83. The van der Waals surface area contributed by atoms with Gasteiger partial charge in [-0.05, 0) is 26.2 Å². The molecule has 0 aromatic carbocycles. The lowest BCUT2D eigenvalue weighted by molar-refractivity contribution is 0.0516. The Morgan fingerprint density at radius 2 is 1.96 bits per heavy atom. The Morgan fingerprint density at radius 1 is 1.35 bits per heavy atom. The molecule has 126 valence electrons. The smallest absolute Gasteiger partial charge is 0.426 e. The predicted octanol–water partition coefficient (Wildman–Crippen LogP) is 3.29. The van der Waals surface area contributed by atoms with E-state index in [1.165, 1.54) is 11.1 Å². The van der Waals surface area contributed by atoms with Crippen LogP contribution in [0.2, 0.25) is 5.15 Å². The second-order valence-corrected chi connectivity index (χ2v) is 7.63. The number of carbonyl (C=O) groups is 1. The standard InChI is InChI=1S/C15H22ClN5O2/c1-14(2,3)9-21(20-13(22)23-15(4,5)6)12-7-10(16)18-11(8-17)19-12/h7H,9H2,1-6H3,(H,20,22). The first-order valence-electron chi connectivity index (χ1n) is 7.11. The molecule has 1 N–H and O–H groups in total. The molecule has 0 fully saturated rings. The molecule has 0 radical (unpaired) electrons. The molecule has 1 heterocycles. The van der Waals surface area contributed by atoms with E-state index in [1.54, 1.807) is 20.8 Å². The van der Waals surface area contributed by atoms with Gasteiger partial charge in [0.25, 0.3) is 0 Å². The molecule has 0 aliphatic heterocycles. The summed E-state index contributed by atoms with van der Waals surface area (Å²) >= 11 is 5.91. The lowest BCUT2D eigenvalue weighted by Gasteiger charge is -2.31. The van der Waals surface area contributed by atoms with E-state index in [9.17, 15) is 4.79 Å². The van der Waals surface area contributed by atoms with Crippen molar-refractivity contribution in [2.45, 2.75) is 47.1 Å². The van der Waals surface area contributed by atoms with E-state index in [0.29, 0.717) is 12.4 Å². The molecule has 0 unspecified atom stereocenters. The summed E-state index contributed by atoms with van der Waals surface area (Å²) in [5, 5.41) is 10.6. The number of nitrogens with zero attached hydrogens (tertiary/aromatic N) is 4. The molecule has 1 amide bonds. The first kappa shape index (κ1) is 19.0. The topological polar surface area (TPSA) is 91.1 Å². The highest BCUT2D eigenvalue weighted by molar-refractivity contribution is 6.29. The van der Waals surface area contributed by atoms with Gasteiger partial charge < -0.3 is 4.74 Å². The van der Waals surface area contributed by atoms with Crippen LogP contribution in [0.15, 0.2) is 6.07 Å². The van der Waals surface area contributed by atoms with Crippen molar-refractivity contribution < 1.29 is 9.53 Å². The number of hydrogen-bond donors (Lipinski definition) is 1. The number of hydrogen-bond acceptors (Lipinski definition) is 6. The van der Waals surface area contributed by atoms with Gasteiger partial charge in [0, 0.05) is 12.6 Å². The van der Waals surface area contributed by atoms with Crippen LogP contribution < -0.4 is 10.4 Å². The lowest BCUT2D eigenvalue weighted by Crippen LogP contribution is -2.48. The molecule has 0 atom stereocenters. The minimum Gasteiger partial charge on any atom is -0.443 e. The van der Waals surface area contributed by atoms with Crippen LogP contribution in [-0.2, 0) is 4.74 Å². The molecule has 1 aromatic rings. The van der Waals surface area contributed by atoms with Gasteiger partial charge in [-0.1, -0.05) is 32.4 Å². The average Bonchev–Trinajstić information content (AvgIpc) is 2.33. The first-order valence-corrected chi connectivity index (χ1v) is 7.49. The molecule has 7 nitrogen and oxygen atoms in total. The number of halogens is 1. The predicted molar refractivity (Wildman–Crippen MR) is 87.9 cm³/mol. The van der Waals surface area contributed by atoms with Crippen LogP contribution in [-0.4, -0.2) is 28.2 Å². The fourth-order valence-electron chi connectivity index (χ4n) is 1.66. The number of carbonyl (C=O) groups excluding carboxylic acids is 1. The number of amides is 1. The van der Waals surface area contributed by atoms with E-state index >= 15 is 0 Å². The summed E-state index contributed by atoms with van der Waals surface area (Å²) in [4.78, 5) is 19.9. The minimum atomic E-state index is -0.626. The average molecular weight is 340 g/mol. The molecule has 0 spiro atoms. The van der Waals surface area contributed by atoms with Crippen LogP contribution in [0.5, 0.6) is 0 Å². The zero-order valence-corrected chi connectivity index (χ0v) is 15.0. The molecule has 1 rings (SSSR count). The van der Waals surface area contributed by atoms with Crippen LogP contribution >= 0.6 is 11.6 Å². The molecule has 23 heavy (non-hydrogen) atoms. The van der Waals surface area contributed by atoms with Crippen molar-refractivity contribution in [1.29, 1.82) is 5.26 Å². The van der Waals surface area contributed by atoms with Crippen LogP contribution in [0.25, 0.3) is 0 Å². The zero-order valence-electron chi connectivity index (χ0n) is 14.3. The summed E-state index contributed by atoms with van der Waals surface area (Å²) in [7, 11) is 0. The van der Waals surface area contributed by atoms with Crippen molar-refractivity contribution in [2.75, 3.05) is 11.6 Å². The summed E-state index contributed by atoms with van der Waals surface area (Å²) in [6.45, 7) is 11.8. The number of aromatic nitrogens is 2. The molecule has 0 saturated carbocycles. The highest BCUT2D eigenvalue weighted by atomic mass is 35.5. The Labute approximate surface area is 141 Å². The van der Waals surface area contributed by atoms with E-state index in [-0.39, 0.29) is 16.4 Å². The first-order chi connectivity index (χ1) is 10.4. The maximum Gasteiger partial charge on any atom is 0.426 e. The second-order valence-electron chi connectivity index (χ2n) is 7.24. The van der Waals surface area contributed by atoms with Gasteiger partial charge in [-0.15, -0.1) is 0 Å². The summed E-state index contributed by atoms with van der Waals surface area (Å²) in [6.07, 6.45) is -0.616. The van der Waals surface area contributed by atoms with E-state index in [1.807, 2.05) is 26.8 Å². The number of nitriles is 1. The third kappa shape index (κ3) is 7.15. The highest BCUT2D eigenvalue weighted by Gasteiger charge is 2.23. The molecule has 0 bridgehead atoms. The highest BCUT2D eigenvalue weighted by Crippen LogP contribution is 2.21. The third-order valence-electron chi connectivity index (χ3n) is 2.32. The summed E-state index contributed by atoms with van der Waals surface area (Å²) in [5.41, 5.74) is 1.86. The van der Waals surface area contributed by atoms with Gasteiger partial charge in [0.1, 0.15) is 16.8 Å². The Hall–Kier alpha value is -2.07. The normalized spacial score (nSPS) is 11.6. The fraction of sp³-hybridized carbons (Fsp3) is 0.600. The van der Waals surface area contributed by atoms with Gasteiger partial charge in [-0.3, -0.25) is 5.01 Å². The van der Waals surface area contributed by atoms with E-state index in [0.717, 1.165) is 0 Å². The van der Waals surface area contributed by atoms with Gasteiger partial charge in [0.15, 0.2) is 5.82 Å². The molecular formula is C15H22ClN5O2. The van der Waals surface area contributed by atoms with Crippen LogP contribution in [0.4, 0.5) is 10.6 Å². The lowest BCUT2D eigenvalue weighted by atomic mass is 9.97. The van der Waals surface area contributed by atoms with Crippen LogP contribution in [0.3, 0.4) is 0 Å². The largest absolute Gasteiger partial charge is 0.443 e. The third-order valence-corrected chi connectivity index (χ3v) is 2.51. The molecule has 8 heteroatoms. The molecule has 1 aromatic heterocycles. The Bertz CT molecular complexity index is 614. The van der Waals surface area contributed by atoms with Crippen molar-refractivity contribution in [3.63, 3.8) is 0 Å². The van der Waals surface area contributed by atoms with Gasteiger partial charge in [-0.25, -0.2) is 15.2 Å². The Balaban J connectivity index is 3.09. The van der Waals surface area contributed by atoms with Gasteiger partial charge >= 0.3 is 6.09 Å². The number of ether oxygens (including phenoxy) is 1. The van der Waals surface area contributed by atoms with E-state index in [2.05, 4.69) is 15.4 Å². The Kier molecular flexibility index (Phi) is 5.78. The SMILES string of the molecule is CC(C)(C)CN(NC(=O)OC(C)(C)C)c1cc(Cl)nc(C#N)n1. The van der Waals surface area contributed by atoms with Crippen molar-refractivity contribution in [1.82, 2.24) is 15.4 Å².